The van der Waals surface area contributed by atoms with Gasteiger partial charge < -0.3 is 14.9 Å². The van der Waals surface area contributed by atoms with Crippen LogP contribution in [0.2, 0.25) is 5.02 Å². The second-order valence-electron chi connectivity index (χ2n) is 4.92. The molecule has 7 heteroatoms. The molecule has 2 N–H and O–H groups in total. The van der Waals surface area contributed by atoms with Gasteiger partial charge in [-0.3, -0.25) is 4.79 Å². The van der Waals surface area contributed by atoms with Crippen molar-refractivity contribution >= 4 is 34.2 Å². The minimum Gasteiger partial charge on any atom is -0.493 e. The highest BCUT2D eigenvalue weighted by atomic mass is 35.5. The fourth-order valence-corrected chi connectivity index (χ4v) is 2.39. The topological polar surface area (TPSA) is 77.8 Å². The summed E-state index contributed by atoms with van der Waals surface area (Å²) in [6.07, 6.45) is 0. The summed E-state index contributed by atoms with van der Waals surface area (Å²) in [4.78, 5) is 15.8. The highest BCUT2D eigenvalue weighted by molar-refractivity contribution is 6.30. The molecule has 24 heavy (non-hydrogen) atoms. The van der Waals surface area contributed by atoms with Gasteiger partial charge in [0, 0.05) is 10.4 Å². The fraction of sp³-hybridized carbons (Fsp3) is 0.0588. The van der Waals surface area contributed by atoms with Crippen LogP contribution >= 0.6 is 11.6 Å². The van der Waals surface area contributed by atoms with Gasteiger partial charge in [0.1, 0.15) is 17.1 Å². The molecule has 0 aliphatic heterocycles. The summed E-state index contributed by atoms with van der Waals surface area (Å²) in [7, 11) is 1.49. The van der Waals surface area contributed by atoms with E-state index >= 15 is 0 Å². The number of amides is 1. The number of halogens is 2. The number of benzene rings is 2. The molecule has 0 unspecified atom stereocenters. The number of primary amides is 1. The number of carbonyl (C=O) groups excluding carboxylic acids is 1. The van der Waals surface area contributed by atoms with E-state index in [9.17, 15) is 9.18 Å². The number of hydrogen-bond donors (Lipinski definition) is 1. The summed E-state index contributed by atoms with van der Waals surface area (Å²) in [6.45, 7) is 0. The molecule has 0 saturated heterocycles. The predicted molar refractivity (Wildman–Crippen MR) is 87.9 cm³/mol. The van der Waals surface area contributed by atoms with Crippen molar-refractivity contribution in [2.75, 3.05) is 7.11 Å². The van der Waals surface area contributed by atoms with Crippen molar-refractivity contribution in [1.29, 1.82) is 0 Å². The van der Waals surface area contributed by atoms with E-state index in [1.807, 2.05) is 0 Å². The monoisotopic (exact) mass is 346 g/mol. The van der Waals surface area contributed by atoms with Gasteiger partial charge in [0.15, 0.2) is 11.3 Å². The molecule has 3 rings (SSSR count). The van der Waals surface area contributed by atoms with Crippen molar-refractivity contribution in [3.63, 3.8) is 0 Å². The predicted octanol–water partition coefficient (Wildman–Crippen LogP) is 3.57. The Hall–Kier alpha value is -2.86. The average molecular weight is 347 g/mol. The first-order valence-corrected chi connectivity index (χ1v) is 7.28. The standard InChI is InChI=1S/C17H12ClFN2O3/c1-23-14-4-2-3-9-7-11(16(20)22)17(24-15(9)14)21-13-6-5-10(18)8-12(13)19/h2-8H,1H3,(H2,20,22). The van der Waals surface area contributed by atoms with Crippen LogP contribution in [0.15, 0.2) is 51.9 Å². The lowest BCUT2D eigenvalue weighted by Crippen LogP contribution is -2.21. The third kappa shape index (κ3) is 2.96. The molecule has 1 amide bonds. The van der Waals surface area contributed by atoms with Gasteiger partial charge >= 0.3 is 0 Å². The number of fused-ring (bicyclic) bond motifs is 1. The van der Waals surface area contributed by atoms with Crippen molar-refractivity contribution in [1.82, 2.24) is 0 Å². The van der Waals surface area contributed by atoms with Crippen LogP contribution in [0.1, 0.15) is 10.4 Å². The first-order chi connectivity index (χ1) is 11.5. The molecular formula is C17H12ClFN2O3. The zero-order chi connectivity index (χ0) is 17.3. The fourth-order valence-electron chi connectivity index (χ4n) is 2.23. The largest absolute Gasteiger partial charge is 0.493 e. The van der Waals surface area contributed by atoms with E-state index in [4.69, 9.17) is 26.5 Å². The van der Waals surface area contributed by atoms with E-state index in [2.05, 4.69) is 4.99 Å². The number of ether oxygens (including phenoxy) is 1. The quantitative estimate of drug-likeness (QED) is 0.787. The van der Waals surface area contributed by atoms with E-state index in [1.54, 1.807) is 18.2 Å². The molecule has 1 heterocycles. The maximum atomic E-state index is 14.0. The Balaban J connectivity index is 2.34. The van der Waals surface area contributed by atoms with Crippen LogP contribution in [-0.2, 0) is 0 Å². The van der Waals surface area contributed by atoms with Gasteiger partial charge in [0.25, 0.3) is 5.91 Å². The van der Waals surface area contributed by atoms with Gasteiger partial charge in [-0.05, 0) is 30.3 Å². The molecule has 0 bridgehead atoms. The van der Waals surface area contributed by atoms with Crippen molar-refractivity contribution in [2.24, 2.45) is 10.7 Å². The summed E-state index contributed by atoms with van der Waals surface area (Å²) in [5.41, 5.74) is 5.65. The Kier molecular flexibility index (Phi) is 4.22. The number of para-hydroxylation sites is 1. The van der Waals surface area contributed by atoms with Crippen molar-refractivity contribution in [2.45, 2.75) is 0 Å². The van der Waals surface area contributed by atoms with Crippen LogP contribution in [0.25, 0.3) is 11.0 Å². The lowest BCUT2D eigenvalue weighted by molar-refractivity contribution is 0.0996. The molecule has 2 aromatic carbocycles. The zero-order valence-corrected chi connectivity index (χ0v) is 13.3. The van der Waals surface area contributed by atoms with Crippen LogP contribution in [0.3, 0.4) is 0 Å². The summed E-state index contributed by atoms with van der Waals surface area (Å²) in [5.74, 6) is -0.929. The first-order valence-electron chi connectivity index (χ1n) is 6.90. The number of carbonyl (C=O) groups is 1. The lowest BCUT2D eigenvalue weighted by Gasteiger charge is -2.06. The normalized spacial score (nSPS) is 11.7. The number of nitrogens with zero attached hydrogens (tertiary/aromatic N) is 1. The highest BCUT2D eigenvalue weighted by Gasteiger charge is 2.13. The molecule has 0 atom stereocenters. The minimum absolute atomic E-state index is 0.0279. The summed E-state index contributed by atoms with van der Waals surface area (Å²) >= 11 is 5.72. The molecule has 0 aliphatic carbocycles. The Morgan fingerprint density at radius 1 is 1.29 bits per heavy atom. The molecule has 0 saturated carbocycles. The minimum atomic E-state index is -0.739. The van der Waals surface area contributed by atoms with Crippen LogP contribution < -0.4 is 16.0 Å². The summed E-state index contributed by atoms with van der Waals surface area (Å²) in [6, 6.07) is 10.7. The molecule has 0 spiro atoms. The smallest absolute Gasteiger partial charge is 0.254 e. The van der Waals surface area contributed by atoms with Gasteiger partial charge in [0.2, 0.25) is 5.55 Å². The summed E-state index contributed by atoms with van der Waals surface area (Å²) in [5, 5.41) is 0.845. The Morgan fingerprint density at radius 2 is 2.08 bits per heavy atom. The number of hydrogen-bond acceptors (Lipinski definition) is 4. The molecule has 0 aliphatic rings. The number of methoxy groups -OCH3 is 1. The Labute approximate surface area is 141 Å². The van der Waals surface area contributed by atoms with Crippen molar-refractivity contribution in [3.8, 4) is 5.75 Å². The van der Waals surface area contributed by atoms with E-state index in [0.717, 1.165) is 6.07 Å². The molecule has 5 nitrogen and oxygen atoms in total. The maximum Gasteiger partial charge on any atom is 0.254 e. The van der Waals surface area contributed by atoms with E-state index in [0.29, 0.717) is 16.7 Å². The second-order valence-corrected chi connectivity index (χ2v) is 5.35. The molecule has 3 aromatic rings. The third-order valence-corrected chi connectivity index (χ3v) is 3.59. The zero-order valence-electron chi connectivity index (χ0n) is 12.5. The first kappa shape index (κ1) is 16.0. The van der Waals surface area contributed by atoms with E-state index in [1.165, 1.54) is 25.3 Å². The lowest BCUT2D eigenvalue weighted by atomic mass is 10.1. The molecule has 0 radical (unpaired) electrons. The Bertz CT molecular complexity index is 1010. The van der Waals surface area contributed by atoms with Crippen LogP contribution in [0.5, 0.6) is 5.75 Å². The van der Waals surface area contributed by atoms with E-state index in [-0.39, 0.29) is 21.8 Å². The van der Waals surface area contributed by atoms with E-state index < -0.39 is 11.7 Å². The SMILES string of the molecule is COc1cccc2cc(C(N)=O)c(=Nc3ccc(Cl)cc3F)oc12. The number of nitrogens with two attached hydrogens (primary N) is 1. The number of rotatable bonds is 3. The molecule has 1 aromatic heterocycles. The molecule has 122 valence electrons. The summed E-state index contributed by atoms with van der Waals surface area (Å²) < 4.78 is 24.9. The molecule has 0 fully saturated rings. The van der Waals surface area contributed by atoms with Gasteiger partial charge in [-0.2, -0.15) is 0 Å². The second kappa shape index (κ2) is 6.33. The van der Waals surface area contributed by atoms with Gasteiger partial charge in [-0.15, -0.1) is 0 Å². The third-order valence-electron chi connectivity index (χ3n) is 3.36. The maximum absolute atomic E-state index is 14.0. The van der Waals surface area contributed by atoms with Crippen molar-refractivity contribution in [3.05, 3.63) is 64.4 Å². The van der Waals surface area contributed by atoms with Crippen molar-refractivity contribution < 1.29 is 18.3 Å². The van der Waals surface area contributed by atoms with Gasteiger partial charge in [-0.1, -0.05) is 23.7 Å². The van der Waals surface area contributed by atoms with Gasteiger partial charge in [0.05, 0.1) is 7.11 Å². The van der Waals surface area contributed by atoms with Crippen LogP contribution in [0, 0.1) is 5.82 Å². The van der Waals surface area contributed by atoms with Crippen LogP contribution in [0.4, 0.5) is 10.1 Å². The van der Waals surface area contributed by atoms with Crippen LogP contribution in [-0.4, -0.2) is 13.0 Å². The Morgan fingerprint density at radius 3 is 2.75 bits per heavy atom. The van der Waals surface area contributed by atoms with Gasteiger partial charge in [-0.25, -0.2) is 9.38 Å². The highest BCUT2D eigenvalue weighted by Crippen LogP contribution is 2.25. The average Bonchev–Trinajstić information content (AvgIpc) is 2.56. The molecular weight excluding hydrogens is 335 g/mol.